The maximum Gasteiger partial charge on any atom is 0.328 e. The Bertz CT molecular complexity index is 617. The second-order valence-corrected chi connectivity index (χ2v) is 4.07. The molecular formula is C16H14N2O2. The zero-order chi connectivity index (χ0) is 14.2. The van der Waals surface area contributed by atoms with E-state index < -0.39 is 5.97 Å². The minimum absolute atomic E-state index is 0.834. The number of para-hydroxylation sites is 1. The topological polar surface area (TPSA) is 61.7 Å². The number of aliphatic carboxylic acids is 1. The third kappa shape index (κ3) is 4.42. The van der Waals surface area contributed by atoms with E-state index in [1.165, 1.54) is 0 Å². The average Bonchev–Trinajstić information content (AvgIpc) is 2.47. The molecule has 2 N–H and O–H groups in total. The lowest BCUT2D eigenvalue weighted by molar-refractivity contribution is -0.131. The van der Waals surface area contributed by atoms with Crippen LogP contribution in [-0.2, 0) is 4.79 Å². The summed E-state index contributed by atoms with van der Waals surface area (Å²) in [5.74, 6) is -0.956. The van der Waals surface area contributed by atoms with Crippen LogP contribution in [0.25, 0.3) is 6.08 Å². The first-order valence-corrected chi connectivity index (χ1v) is 6.09. The largest absolute Gasteiger partial charge is 0.478 e. The Balaban J connectivity index is 1.95. The summed E-state index contributed by atoms with van der Waals surface area (Å²) >= 11 is 0. The van der Waals surface area contributed by atoms with Crippen LogP contribution in [0.15, 0.2) is 65.8 Å². The van der Waals surface area contributed by atoms with E-state index in [0.29, 0.717) is 0 Å². The van der Waals surface area contributed by atoms with Gasteiger partial charge < -0.3 is 5.11 Å². The lowest BCUT2D eigenvalue weighted by Crippen LogP contribution is -1.90. The summed E-state index contributed by atoms with van der Waals surface area (Å²) in [7, 11) is 0. The first-order chi connectivity index (χ1) is 9.74. The lowest BCUT2D eigenvalue weighted by Gasteiger charge is -1.99. The molecule has 0 aliphatic rings. The van der Waals surface area contributed by atoms with E-state index in [4.69, 9.17) is 5.11 Å². The molecule has 0 bridgehead atoms. The molecule has 0 aromatic heterocycles. The van der Waals surface area contributed by atoms with Gasteiger partial charge in [-0.2, -0.15) is 5.10 Å². The molecule has 0 atom stereocenters. The van der Waals surface area contributed by atoms with Crippen LogP contribution in [0.5, 0.6) is 0 Å². The second-order valence-electron chi connectivity index (χ2n) is 4.07. The van der Waals surface area contributed by atoms with E-state index in [-0.39, 0.29) is 0 Å². The Labute approximate surface area is 117 Å². The molecule has 20 heavy (non-hydrogen) atoms. The summed E-state index contributed by atoms with van der Waals surface area (Å²) < 4.78 is 0. The van der Waals surface area contributed by atoms with Crippen molar-refractivity contribution in [3.8, 4) is 0 Å². The number of carbonyl (C=O) groups is 1. The standard InChI is InChI=1S/C16H14N2O2/c19-16(20)11-10-13-6-8-14(9-7-13)12-17-18-15-4-2-1-3-5-15/h1-12,18H,(H,19,20). The van der Waals surface area contributed by atoms with Gasteiger partial charge in [0.2, 0.25) is 0 Å². The van der Waals surface area contributed by atoms with Gasteiger partial charge in [-0.3, -0.25) is 5.43 Å². The maximum absolute atomic E-state index is 10.4. The van der Waals surface area contributed by atoms with E-state index in [1.54, 1.807) is 12.3 Å². The van der Waals surface area contributed by atoms with Crippen LogP contribution in [0.4, 0.5) is 5.69 Å². The van der Waals surface area contributed by atoms with E-state index >= 15 is 0 Å². The molecule has 4 nitrogen and oxygen atoms in total. The Morgan fingerprint density at radius 3 is 2.30 bits per heavy atom. The van der Waals surface area contributed by atoms with Crippen molar-refractivity contribution in [1.29, 1.82) is 0 Å². The Hall–Kier alpha value is -2.88. The fraction of sp³-hybridized carbons (Fsp3) is 0. The first kappa shape index (κ1) is 13.5. The number of benzene rings is 2. The van der Waals surface area contributed by atoms with Crippen LogP contribution in [0, 0.1) is 0 Å². The summed E-state index contributed by atoms with van der Waals surface area (Å²) in [6.07, 6.45) is 4.36. The Morgan fingerprint density at radius 1 is 1.00 bits per heavy atom. The highest BCUT2D eigenvalue weighted by atomic mass is 16.4. The van der Waals surface area contributed by atoms with Gasteiger partial charge >= 0.3 is 5.97 Å². The number of hydrazone groups is 1. The molecule has 2 aromatic carbocycles. The van der Waals surface area contributed by atoms with Crippen molar-refractivity contribution in [2.75, 3.05) is 5.43 Å². The van der Waals surface area contributed by atoms with Gasteiger partial charge in [-0.25, -0.2) is 4.79 Å². The van der Waals surface area contributed by atoms with Gasteiger partial charge in [-0.15, -0.1) is 0 Å². The molecule has 100 valence electrons. The van der Waals surface area contributed by atoms with Crippen molar-refractivity contribution in [3.63, 3.8) is 0 Å². The molecule has 0 unspecified atom stereocenters. The fourth-order valence-electron chi connectivity index (χ4n) is 1.55. The fourth-order valence-corrected chi connectivity index (χ4v) is 1.55. The van der Waals surface area contributed by atoms with Crippen molar-refractivity contribution >= 4 is 23.9 Å². The predicted molar refractivity (Wildman–Crippen MR) is 80.8 cm³/mol. The normalized spacial score (nSPS) is 11.0. The molecule has 0 heterocycles. The molecule has 0 aliphatic heterocycles. The molecule has 4 heteroatoms. The molecule has 0 spiro atoms. The van der Waals surface area contributed by atoms with Gasteiger partial charge in [-0.1, -0.05) is 42.5 Å². The number of carboxylic acid groups (broad SMARTS) is 1. The van der Waals surface area contributed by atoms with Crippen LogP contribution in [0.1, 0.15) is 11.1 Å². The van der Waals surface area contributed by atoms with Crippen molar-refractivity contribution in [2.45, 2.75) is 0 Å². The molecule has 0 radical (unpaired) electrons. The molecule has 0 amide bonds. The summed E-state index contributed by atoms with van der Waals surface area (Å²) in [6.45, 7) is 0. The average molecular weight is 266 g/mol. The molecule has 2 aromatic rings. The van der Waals surface area contributed by atoms with Crippen LogP contribution < -0.4 is 5.43 Å². The van der Waals surface area contributed by atoms with Gasteiger partial charge in [0.15, 0.2) is 0 Å². The third-order valence-corrected chi connectivity index (χ3v) is 2.54. The Morgan fingerprint density at radius 2 is 1.65 bits per heavy atom. The zero-order valence-electron chi connectivity index (χ0n) is 10.7. The summed E-state index contributed by atoms with van der Waals surface area (Å²) in [5.41, 5.74) is 5.61. The van der Waals surface area contributed by atoms with Crippen molar-refractivity contribution < 1.29 is 9.90 Å². The smallest absolute Gasteiger partial charge is 0.328 e. The Kier molecular flexibility index (Phi) is 4.67. The lowest BCUT2D eigenvalue weighted by atomic mass is 10.1. The highest BCUT2D eigenvalue weighted by Crippen LogP contribution is 2.06. The summed E-state index contributed by atoms with van der Waals surface area (Å²) in [6, 6.07) is 17.1. The zero-order valence-corrected chi connectivity index (χ0v) is 10.7. The third-order valence-electron chi connectivity index (χ3n) is 2.54. The quantitative estimate of drug-likeness (QED) is 0.496. The maximum atomic E-state index is 10.4. The molecule has 2 rings (SSSR count). The predicted octanol–water partition coefficient (Wildman–Crippen LogP) is 3.23. The molecule has 0 saturated carbocycles. The van der Waals surface area contributed by atoms with Gasteiger partial charge in [0.25, 0.3) is 0 Å². The van der Waals surface area contributed by atoms with Crippen LogP contribution in [0.3, 0.4) is 0 Å². The van der Waals surface area contributed by atoms with Gasteiger partial charge in [0, 0.05) is 6.08 Å². The van der Waals surface area contributed by atoms with Crippen molar-refractivity contribution in [3.05, 3.63) is 71.8 Å². The number of rotatable bonds is 5. The number of nitrogens with one attached hydrogen (secondary N) is 1. The highest BCUT2D eigenvalue weighted by molar-refractivity contribution is 5.86. The SMILES string of the molecule is O=C(O)C=Cc1ccc(C=NNc2ccccc2)cc1. The van der Waals surface area contributed by atoms with E-state index in [0.717, 1.165) is 22.9 Å². The number of hydrogen-bond acceptors (Lipinski definition) is 3. The number of carboxylic acids is 1. The van der Waals surface area contributed by atoms with E-state index in [1.807, 2.05) is 54.6 Å². The van der Waals surface area contributed by atoms with E-state index in [9.17, 15) is 4.79 Å². The summed E-state index contributed by atoms with van der Waals surface area (Å²) in [4.78, 5) is 10.4. The van der Waals surface area contributed by atoms with Gasteiger partial charge in [0.05, 0.1) is 11.9 Å². The highest BCUT2D eigenvalue weighted by Gasteiger charge is 1.91. The number of nitrogens with zero attached hydrogens (tertiary/aromatic N) is 1. The molecule has 0 aliphatic carbocycles. The van der Waals surface area contributed by atoms with Crippen molar-refractivity contribution in [1.82, 2.24) is 0 Å². The minimum Gasteiger partial charge on any atom is -0.478 e. The van der Waals surface area contributed by atoms with E-state index in [2.05, 4.69) is 10.5 Å². The first-order valence-electron chi connectivity index (χ1n) is 6.09. The second kappa shape index (κ2) is 6.89. The van der Waals surface area contributed by atoms with Crippen molar-refractivity contribution in [2.24, 2.45) is 5.10 Å². The number of anilines is 1. The monoisotopic (exact) mass is 266 g/mol. The molecule has 0 saturated heterocycles. The molecule has 0 fully saturated rings. The number of hydrogen-bond donors (Lipinski definition) is 2. The minimum atomic E-state index is -0.956. The summed E-state index contributed by atoms with van der Waals surface area (Å²) in [5, 5.41) is 12.7. The van der Waals surface area contributed by atoms with Gasteiger partial charge in [0.1, 0.15) is 0 Å². The van der Waals surface area contributed by atoms with Gasteiger partial charge in [-0.05, 0) is 29.3 Å². The van der Waals surface area contributed by atoms with Crippen LogP contribution in [0.2, 0.25) is 0 Å². The molecular weight excluding hydrogens is 252 g/mol. The van der Waals surface area contributed by atoms with Crippen LogP contribution >= 0.6 is 0 Å². The van der Waals surface area contributed by atoms with Crippen LogP contribution in [-0.4, -0.2) is 17.3 Å².